The Morgan fingerprint density at radius 2 is 1.49 bits per heavy atom. The number of benzene rings is 5. The third-order valence-electron chi connectivity index (χ3n) is 9.46. The molecule has 0 atom stereocenters. The minimum absolute atomic E-state index is 0.0393. The Morgan fingerprint density at radius 3 is 2.20 bits per heavy atom. The molecule has 59 heavy (non-hydrogen) atoms. The van der Waals surface area contributed by atoms with Crippen LogP contribution in [0.1, 0.15) is 47.8 Å². The number of hydrogen-bond acceptors (Lipinski definition) is 9. The van der Waals surface area contributed by atoms with Crippen molar-refractivity contribution in [2.75, 3.05) is 30.0 Å². The fraction of sp³-hybridized carbons (Fsp3) is 0.149. The molecule has 298 valence electrons. The molecular weight excluding hydrogens is 781 g/mol. The van der Waals surface area contributed by atoms with E-state index in [1.165, 1.54) is 35.8 Å². The summed E-state index contributed by atoms with van der Waals surface area (Å²) in [7, 11) is 1.35. The van der Waals surface area contributed by atoms with Gasteiger partial charge < -0.3 is 25.4 Å². The third kappa shape index (κ3) is 11.1. The Labute approximate surface area is 351 Å². The van der Waals surface area contributed by atoms with Crippen LogP contribution in [-0.4, -0.2) is 48.0 Å². The Kier molecular flexibility index (Phi) is 13.7. The molecule has 0 saturated heterocycles. The van der Waals surface area contributed by atoms with Crippen LogP contribution in [0.2, 0.25) is 0 Å². The summed E-state index contributed by atoms with van der Waals surface area (Å²) in [6.07, 6.45) is 2.28. The summed E-state index contributed by atoms with van der Waals surface area (Å²) in [5.74, 6) is -0.986. The highest BCUT2D eigenvalue weighted by molar-refractivity contribution is 8.00. The predicted molar refractivity (Wildman–Crippen MR) is 233 cm³/mol. The third-order valence-corrected chi connectivity index (χ3v) is 11.6. The van der Waals surface area contributed by atoms with E-state index >= 15 is 0 Å². The van der Waals surface area contributed by atoms with Crippen LogP contribution in [-0.2, 0) is 40.4 Å². The van der Waals surface area contributed by atoms with Gasteiger partial charge in [-0.25, -0.2) is 4.79 Å². The molecular formula is C47H42N4O6S2. The first-order chi connectivity index (χ1) is 28.8. The molecule has 0 unspecified atom stereocenters. The number of anilines is 2. The standard InChI is InChI=1S/C47H42N4O6S2/c1-56-47(55)43-39-24-25-51(28-33-12-5-2-6-13-33)29-41(39)59-46(43)50-42(52)31-58-38-19-11-18-36(27-38)48-45(54)40(49-44(53)35-16-9-4-10-17-35)26-32-20-22-37(23-21-32)57-30-34-14-7-3-8-15-34/h2-23,26-27H,24-25,28-31H2,1H3,(H,48,54)(H,49,53)(H,50,52)/b40-26+. The number of thiophene rings is 1. The second-order valence-corrected chi connectivity index (χ2v) is 15.8. The summed E-state index contributed by atoms with van der Waals surface area (Å²) in [4.78, 5) is 57.3. The van der Waals surface area contributed by atoms with Gasteiger partial charge in [-0.05, 0) is 77.2 Å². The largest absolute Gasteiger partial charge is 0.489 e. The van der Waals surface area contributed by atoms with Crippen molar-refractivity contribution < 1.29 is 28.7 Å². The van der Waals surface area contributed by atoms with Gasteiger partial charge in [0.15, 0.2) is 0 Å². The first kappa shape index (κ1) is 40.7. The van der Waals surface area contributed by atoms with E-state index in [0.29, 0.717) is 52.7 Å². The first-order valence-electron chi connectivity index (χ1n) is 19.0. The van der Waals surface area contributed by atoms with Gasteiger partial charge in [0.05, 0.1) is 18.4 Å². The number of hydrogen-bond donors (Lipinski definition) is 3. The summed E-state index contributed by atoms with van der Waals surface area (Å²) in [5.41, 5.74) is 5.20. The summed E-state index contributed by atoms with van der Waals surface area (Å²) < 4.78 is 11.0. The summed E-state index contributed by atoms with van der Waals surface area (Å²) in [6.45, 7) is 2.67. The smallest absolute Gasteiger partial charge is 0.341 e. The average Bonchev–Trinajstić information content (AvgIpc) is 3.62. The maximum atomic E-state index is 13.8. The molecule has 6 aromatic rings. The molecule has 0 saturated carbocycles. The van der Waals surface area contributed by atoms with Crippen molar-refractivity contribution in [3.05, 3.63) is 183 Å². The molecule has 10 nitrogen and oxygen atoms in total. The fourth-order valence-electron chi connectivity index (χ4n) is 6.52. The normalized spacial score (nSPS) is 12.5. The topological polar surface area (TPSA) is 126 Å². The quantitative estimate of drug-likeness (QED) is 0.0534. The van der Waals surface area contributed by atoms with E-state index < -0.39 is 17.8 Å². The van der Waals surface area contributed by atoms with Gasteiger partial charge in [-0.3, -0.25) is 19.3 Å². The number of amides is 3. The number of fused-ring (bicyclic) bond motifs is 1. The summed E-state index contributed by atoms with van der Waals surface area (Å²) in [6, 6.07) is 43.1. The van der Waals surface area contributed by atoms with Gasteiger partial charge in [0, 0.05) is 40.7 Å². The monoisotopic (exact) mass is 822 g/mol. The van der Waals surface area contributed by atoms with Crippen molar-refractivity contribution in [2.45, 2.75) is 31.0 Å². The van der Waals surface area contributed by atoms with Crippen molar-refractivity contribution in [2.24, 2.45) is 0 Å². The van der Waals surface area contributed by atoms with Gasteiger partial charge in [-0.1, -0.05) is 97.1 Å². The number of esters is 1. The van der Waals surface area contributed by atoms with E-state index in [1.807, 2.05) is 84.9 Å². The maximum absolute atomic E-state index is 13.8. The van der Waals surface area contributed by atoms with Crippen LogP contribution >= 0.6 is 23.1 Å². The highest BCUT2D eigenvalue weighted by Gasteiger charge is 2.29. The Morgan fingerprint density at radius 1 is 0.797 bits per heavy atom. The number of carbonyl (C=O) groups is 4. The SMILES string of the molecule is COC(=O)c1c(NC(=O)CSc2cccc(NC(=O)/C(=C\c3ccc(OCc4ccccc4)cc3)NC(=O)c3ccccc3)c2)sc2c1CCN(Cc1ccccc1)C2. The van der Waals surface area contributed by atoms with Gasteiger partial charge in [-0.2, -0.15) is 0 Å². The number of nitrogens with zero attached hydrogens (tertiary/aromatic N) is 1. The van der Waals surface area contributed by atoms with Crippen LogP contribution in [0.5, 0.6) is 5.75 Å². The molecule has 0 spiro atoms. The minimum Gasteiger partial charge on any atom is -0.489 e. The lowest BCUT2D eigenvalue weighted by molar-refractivity contribution is -0.114. The van der Waals surface area contributed by atoms with Crippen molar-refractivity contribution in [1.29, 1.82) is 0 Å². The molecule has 7 rings (SSSR count). The lowest BCUT2D eigenvalue weighted by atomic mass is 10.0. The van der Waals surface area contributed by atoms with Gasteiger partial charge in [0.2, 0.25) is 5.91 Å². The van der Waals surface area contributed by atoms with E-state index in [-0.39, 0.29) is 17.4 Å². The minimum atomic E-state index is -0.530. The number of nitrogens with one attached hydrogen (secondary N) is 3. The lowest BCUT2D eigenvalue weighted by Gasteiger charge is -2.27. The first-order valence-corrected chi connectivity index (χ1v) is 20.8. The van der Waals surface area contributed by atoms with E-state index in [1.54, 1.807) is 48.5 Å². The highest BCUT2D eigenvalue weighted by atomic mass is 32.2. The van der Waals surface area contributed by atoms with Crippen LogP contribution in [0.15, 0.2) is 150 Å². The fourth-order valence-corrected chi connectivity index (χ4v) is 8.57. The van der Waals surface area contributed by atoms with E-state index in [4.69, 9.17) is 9.47 Å². The van der Waals surface area contributed by atoms with Crippen LogP contribution in [0.3, 0.4) is 0 Å². The Balaban J connectivity index is 0.999. The van der Waals surface area contributed by atoms with Crippen molar-refractivity contribution in [3.63, 3.8) is 0 Å². The van der Waals surface area contributed by atoms with E-state index in [0.717, 1.165) is 34.0 Å². The zero-order valence-electron chi connectivity index (χ0n) is 32.3. The number of methoxy groups -OCH3 is 1. The van der Waals surface area contributed by atoms with Crippen molar-refractivity contribution in [1.82, 2.24) is 10.2 Å². The van der Waals surface area contributed by atoms with Gasteiger partial charge in [0.1, 0.15) is 23.1 Å². The van der Waals surface area contributed by atoms with Crippen molar-refractivity contribution >= 4 is 63.6 Å². The number of ether oxygens (including phenoxy) is 2. The Hall–Kier alpha value is -6.47. The summed E-state index contributed by atoms with van der Waals surface area (Å²) >= 11 is 2.70. The van der Waals surface area contributed by atoms with Gasteiger partial charge in [-0.15, -0.1) is 23.1 Å². The molecule has 12 heteroatoms. The highest BCUT2D eigenvalue weighted by Crippen LogP contribution is 2.38. The molecule has 1 aromatic heterocycles. The lowest BCUT2D eigenvalue weighted by Crippen LogP contribution is -2.30. The second kappa shape index (κ2) is 19.8. The van der Waals surface area contributed by atoms with E-state index in [9.17, 15) is 19.2 Å². The Bertz CT molecular complexity index is 2440. The molecule has 0 bridgehead atoms. The molecule has 3 N–H and O–H groups in total. The maximum Gasteiger partial charge on any atom is 0.341 e. The zero-order valence-corrected chi connectivity index (χ0v) is 33.9. The van der Waals surface area contributed by atoms with Crippen molar-refractivity contribution in [3.8, 4) is 5.75 Å². The van der Waals surface area contributed by atoms with Crippen LogP contribution < -0.4 is 20.7 Å². The van der Waals surface area contributed by atoms with Gasteiger partial charge in [0.25, 0.3) is 11.8 Å². The molecule has 0 aliphatic carbocycles. The van der Waals surface area contributed by atoms with Crippen LogP contribution in [0, 0.1) is 0 Å². The summed E-state index contributed by atoms with van der Waals surface area (Å²) in [5, 5.41) is 9.12. The number of carbonyl (C=O) groups excluding carboxylic acids is 4. The predicted octanol–water partition coefficient (Wildman–Crippen LogP) is 8.81. The van der Waals surface area contributed by atoms with E-state index in [2.05, 4.69) is 33.0 Å². The zero-order chi connectivity index (χ0) is 41.0. The number of rotatable bonds is 15. The average molecular weight is 823 g/mol. The molecule has 5 aromatic carbocycles. The molecule has 3 amide bonds. The van der Waals surface area contributed by atoms with Crippen LogP contribution in [0.4, 0.5) is 10.7 Å². The second-order valence-electron chi connectivity index (χ2n) is 13.7. The van der Waals surface area contributed by atoms with Crippen LogP contribution in [0.25, 0.3) is 6.08 Å². The molecule has 1 aliphatic heterocycles. The molecule has 2 heterocycles. The number of thioether (sulfide) groups is 1. The van der Waals surface area contributed by atoms with Gasteiger partial charge >= 0.3 is 5.97 Å². The molecule has 0 radical (unpaired) electrons. The molecule has 1 aliphatic rings. The molecule has 0 fully saturated rings.